The average Bonchev–Trinajstić information content (AvgIpc) is 2.47. The van der Waals surface area contributed by atoms with Gasteiger partial charge in [0.1, 0.15) is 5.75 Å². The van der Waals surface area contributed by atoms with E-state index in [9.17, 15) is 14.7 Å². The van der Waals surface area contributed by atoms with Gasteiger partial charge in [-0.1, -0.05) is 13.0 Å². The lowest BCUT2D eigenvalue weighted by atomic mass is 10.0. The van der Waals surface area contributed by atoms with Crippen LogP contribution in [0, 0.1) is 0 Å². The molecule has 1 aliphatic heterocycles. The summed E-state index contributed by atoms with van der Waals surface area (Å²) in [6.45, 7) is 3.24. The van der Waals surface area contributed by atoms with Gasteiger partial charge in [0.25, 0.3) is 5.91 Å². The molecule has 0 aromatic heterocycles. The van der Waals surface area contributed by atoms with Crippen molar-refractivity contribution >= 4 is 11.8 Å². The number of carbonyl (C=O) groups is 2. The molecule has 0 unspecified atom stereocenters. The van der Waals surface area contributed by atoms with Crippen LogP contribution in [0.4, 0.5) is 0 Å². The van der Waals surface area contributed by atoms with E-state index in [2.05, 4.69) is 5.32 Å². The summed E-state index contributed by atoms with van der Waals surface area (Å²) in [5.74, 6) is 0.0740. The largest absolute Gasteiger partial charge is 0.508 e. The summed E-state index contributed by atoms with van der Waals surface area (Å²) in [6.07, 6.45) is 2.08. The predicted octanol–water partition coefficient (Wildman–Crippen LogP) is 1.52. The molecule has 0 spiro atoms. The number of rotatable bonds is 3. The number of hydrogen-bond acceptors (Lipinski definition) is 3. The van der Waals surface area contributed by atoms with E-state index in [1.54, 1.807) is 12.1 Å². The van der Waals surface area contributed by atoms with E-state index in [0.717, 1.165) is 12.8 Å². The van der Waals surface area contributed by atoms with Gasteiger partial charge in [0.15, 0.2) is 0 Å². The molecule has 20 heavy (non-hydrogen) atoms. The summed E-state index contributed by atoms with van der Waals surface area (Å²) in [4.78, 5) is 25.4. The molecule has 1 aliphatic rings. The number of likely N-dealkylation sites (tertiary alicyclic amines) is 1. The van der Waals surface area contributed by atoms with Crippen molar-refractivity contribution in [2.24, 2.45) is 0 Å². The van der Waals surface area contributed by atoms with Crippen LogP contribution >= 0.6 is 0 Å². The van der Waals surface area contributed by atoms with Gasteiger partial charge in [-0.25, -0.2) is 0 Å². The molecule has 1 aromatic carbocycles. The fourth-order valence-corrected chi connectivity index (χ4v) is 2.41. The van der Waals surface area contributed by atoms with Crippen molar-refractivity contribution in [2.75, 3.05) is 13.1 Å². The van der Waals surface area contributed by atoms with Crippen molar-refractivity contribution < 1.29 is 14.7 Å². The Hall–Kier alpha value is -2.04. The Labute approximate surface area is 118 Å². The summed E-state index contributed by atoms with van der Waals surface area (Å²) in [7, 11) is 0. The van der Waals surface area contributed by atoms with E-state index < -0.39 is 0 Å². The molecule has 0 saturated carbocycles. The minimum absolute atomic E-state index is 0.0843. The number of amides is 2. The third-order valence-electron chi connectivity index (χ3n) is 3.59. The Morgan fingerprint density at radius 3 is 2.65 bits per heavy atom. The quantitative estimate of drug-likeness (QED) is 0.879. The van der Waals surface area contributed by atoms with Crippen molar-refractivity contribution in [2.45, 2.75) is 32.2 Å². The Bertz CT molecular complexity index is 494. The summed E-state index contributed by atoms with van der Waals surface area (Å²) in [6, 6.07) is 6.39. The lowest BCUT2D eigenvalue weighted by molar-refractivity contribution is -0.131. The first-order valence-corrected chi connectivity index (χ1v) is 6.98. The fraction of sp³-hybridized carbons (Fsp3) is 0.467. The Kier molecular flexibility index (Phi) is 4.61. The lowest BCUT2D eigenvalue weighted by Crippen LogP contribution is -2.46. The molecule has 0 aliphatic carbocycles. The Morgan fingerprint density at radius 1 is 1.35 bits per heavy atom. The third-order valence-corrected chi connectivity index (χ3v) is 3.59. The molecule has 5 nitrogen and oxygen atoms in total. The number of piperidine rings is 1. The van der Waals surface area contributed by atoms with E-state index in [1.807, 2.05) is 11.8 Å². The maximum Gasteiger partial charge on any atom is 0.251 e. The van der Waals surface area contributed by atoms with Gasteiger partial charge < -0.3 is 15.3 Å². The zero-order valence-corrected chi connectivity index (χ0v) is 11.6. The van der Waals surface area contributed by atoms with Crippen LogP contribution in [0.1, 0.15) is 36.5 Å². The van der Waals surface area contributed by atoms with Gasteiger partial charge >= 0.3 is 0 Å². The van der Waals surface area contributed by atoms with Gasteiger partial charge in [-0.15, -0.1) is 0 Å². The molecule has 1 fully saturated rings. The molecule has 0 bridgehead atoms. The third kappa shape index (κ3) is 3.50. The lowest BCUT2D eigenvalue weighted by Gasteiger charge is -2.32. The molecular weight excluding hydrogens is 256 g/mol. The molecular formula is C15H20N2O3. The van der Waals surface area contributed by atoms with Crippen molar-refractivity contribution in [1.29, 1.82) is 0 Å². The van der Waals surface area contributed by atoms with Gasteiger partial charge in [-0.2, -0.15) is 0 Å². The van der Waals surface area contributed by atoms with Crippen LogP contribution in [0.2, 0.25) is 0 Å². The monoisotopic (exact) mass is 276 g/mol. The van der Waals surface area contributed by atoms with Crippen molar-refractivity contribution in [3.63, 3.8) is 0 Å². The first-order valence-electron chi connectivity index (χ1n) is 6.98. The topological polar surface area (TPSA) is 69.6 Å². The second kappa shape index (κ2) is 6.41. The second-order valence-electron chi connectivity index (χ2n) is 5.03. The highest BCUT2D eigenvalue weighted by molar-refractivity contribution is 5.94. The van der Waals surface area contributed by atoms with Crippen molar-refractivity contribution in [3.8, 4) is 5.75 Å². The molecule has 5 heteroatoms. The van der Waals surface area contributed by atoms with Crippen LogP contribution in [0.15, 0.2) is 24.3 Å². The van der Waals surface area contributed by atoms with Crippen LogP contribution < -0.4 is 5.32 Å². The number of benzene rings is 1. The number of nitrogens with zero attached hydrogens (tertiary/aromatic N) is 1. The van der Waals surface area contributed by atoms with E-state index in [-0.39, 0.29) is 23.6 Å². The molecule has 2 rings (SSSR count). The molecule has 2 amide bonds. The second-order valence-corrected chi connectivity index (χ2v) is 5.03. The number of carbonyl (C=O) groups excluding carboxylic acids is 2. The van der Waals surface area contributed by atoms with Gasteiger partial charge in [0, 0.05) is 31.1 Å². The first kappa shape index (κ1) is 14.4. The Morgan fingerprint density at radius 2 is 2.05 bits per heavy atom. The molecule has 1 aromatic rings. The van der Waals surface area contributed by atoms with Crippen LogP contribution in [-0.2, 0) is 4.79 Å². The van der Waals surface area contributed by atoms with Gasteiger partial charge in [0.2, 0.25) is 5.91 Å². The van der Waals surface area contributed by atoms with Crippen LogP contribution in [0.3, 0.4) is 0 Å². The minimum atomic E-state index is -0.179. The van der Waals surface area contributed by atoms with Gasteiger partial charge in [-0.05, 0) is 31.0 Å². The Balaban J connectivity index is 1.86. The maximum absolute atomic E-state index is 12.0. The predicted molar refractivity (Wildman–Crippen MR) is 75.5 cm³/mol. The molecule has 2 N–H and O–H groups in total. The van der Waals surface area contributed by atoms with E-state index >= 15 is 0 Å². The SMILES string of the molecule is CCC(=O)N1CCC(NC(=O)c2cccc(O)c2)CC1. The number of hydrogen-bond donors (Lipinski definition) is 2. The minimum Gasteiger partial charge on any atom is -0.508 e. The van der Waals surface area contributed by atoms with Crippen LogP contribution in [0.25, 0.3) is 0 Å². The zero-order chi connectivity index (χ0) is 14.5. The summed E-state index contributed by atoms with van der Waals surface area (Å²) in [5.41, 5.74) is 0.456. The number of phenolic OH excluding ortho intramolecular Hbond substituents is 1. The van der Waals surface area contributed by atoms with Gasteiger partial charge in [0.05, 0.1) is 0 Å². The molecule has 0 atom stereocenters. The highest BCUT2D eigenvalue weighted by Crippen LogP contribution is 2.14. The first-order chi connectivity index (χ1) is 9.60. The van der Waals surface area contributed by atoms with E-state index in [1.165, 1.54) is 12.1 Å². The standard InChI is InChI=1S/C15H20N2O3/c1-2-14(19)17-8-6-12(7-9-17)16-15(20)11-4-3-5-13(18)10-11/h3-5,10,12,18H,2,6-9H2,1H3,(H,16,20). The molecule has 0 radical (unpaired) electrons. The highest BCUT2D eigenvalue weighted by Gasteiger charge is 2.23. The molecule has 1 heterocycles. The number of phenols is 1. The van der Waals surface area contributed by atoms with Crippen molar-refractivity contribution in [1.82, 2.24) is 10.2 Å². The highest BCUT2D eigenvalue weighted by atomic mass is 16.3. The summed E-state index contributed by atoms with van der Waals surface area (Å²) in [5, 5.41) is 12.3. The summed E-state index contributed by atoms with van der Waals surface area (Å²) >= 11 is 0. The fourth-order valence-electron chi connectivity index (χ4n) is 2.41. The van der Waals surface area contributed by atoms with Crippen LogP contribution in [0.5, 0.6) is 5.75 Å². The maximum atomic E-state index is 12.0. The normalized spacial score (nSPS) is 15.9. The van der Waals surface area contributed by atoms with Crippen molar-refractivity contribution in [3.05, 3.63) is 29.8 Å². The number of nitrogens with one attached hydrogen (secondary N) is 1. The van der Waals surface area contributed by atoms with Gasteiger partial charge in [-0.3, -0.25) is 9.59 Å². The van der Waals surface area contributed by atoms with Crippen LogP contribution in [-0.4, -0.2) is 41.0 Å². The zero-order valence-electron chi connectivity index (χ0n) is 11.6. The smallest absolute Gasteiger partial charge is 0.251 e. The van der Waals surface area contributed by atoms with E-state index in [0.29, 0.717) is 25.1 Å². The average molecular weight is 276 g/mol. The molecule has 1 saturated heterocycles. The molecule has 108 valence electrons. The van der Waals surface area contributed by atoms with E-state index in [4.69, 9.17) is 0 Å². The number of aromatic hydroxyl groups is 1. The summed E-state index contributed by atoms with van der Waals surface area (Å²) < 4.78 is 0.